The molecule has 0 spiro atoms. The van der Waals surface area contributed by atoms with Gasteiger partial charge in [-0.05, 0) is 62.6 Å². The van der Waals surface area contributed by atoms with Crippen LogP contribution in [0.2, 0.25) is 0 Å². The van der Waals surface area contributed by atoms with E-state index >= 15 is 0 Å². The molecule has 3 aromatic rings. The van der Waals surface area contributed by atoms with Crippen LogP contribution in [0.15, 0.2) is 66.7 Å². The lowest BCUT2D eigenvalue weighted by Gasteiger charge is -2.27. The van der Waals surface area contributed by atoms with Gasteiger partial charge >= 0.3 is 0 Å². The van der Waals surface area contributed by atoms with Crippen molar-refractivity contribution in [1.29, 1.82) is 0 Å². The van der Waals surface area contributed by atoms with Gasteiger partial charge in [-0.1, -0.05) is 123 Å². The van der Waals surface area contributed by atoms with Crippen molar-refractivity contribution in [2.45, 2.75) is 78.6 Å². The Bertz CT molecular complexity index is 1100. The minimum atomic E-state index is -0.0337. The fourth-order valence-electron chi connectivity index (χ4n) is 3.84. The Morgan fingerprint density at radius 1 is 0.600 bits per heavy atom. The second-order valence-corrected chi connectivity index (χ2v) is 13.2. The Labute approximate surface area is 218 Å². The van der Waals surface area contributed by atoms with Gasteiger partial charge in [-0.2, -0.15) is 11.8 Å². The predicted octanol–water partition coefficient (Wildman–Crippen LogP) is 9.46. The van der Waals surface area contributed by atoms with Gasteiger partial charge in [0.1, 0.15) is 0 Å². The van der Waals surface area contributed by atoms with E-state index in [1.807, 2.05) is 42.8 Å². The maximum Gasteiger partial charge on any atom is 0.193 e. The molecule has 3 aromatic carbocycles. The van der Waals surface area contributed by atoms with Gasteiger partial charge in [0, 0.05) is 11.1 Å². The smallest absolute Gasteiger partial charge is 0.193 e. The minimum absolute atomic E-state index is 0.0188. The molecule has 0 bridgehead atoms. The van der Waals surface area contributed by atoms with Gasteiger partial charge in [0.2, 0.25) is 0 Å². The third-order valence-electron chi connectivity index (χ3n) is 6.14. The summed E-state index contributed by atoms with van der Waals surface area (Å²) >= 11 is 1.75. The van der Waals surface area contributed by atoms with Crippen molar-refractivity contribution >= 4 is 17.5 Å². The lowest BCUT2D eigenvalue weighted by Crippen LogP contribution is -2.17. The van der Waals surface area contributed by atoms with Crippen molar-refractivity contribution in [3.8, 4) is 11.1 Å². The molecule has 0 saturated heterocycles. The number of ketones is 1. The zero-order valence-electron chi connectivity index (χ0n) is 23.7. The molecular weight excluding hydrogens is 444 g/mol. The molecule has 0 heterocycles. The highest BCUT2D eigenvalue weighted by Gasteiger charge is 2.24. The van der Waals surface area contributed by atoms with E-state index in [-0.39, 0.29) is 22.0 Å². The Balaban J connectivity index is 0.00000137. The molecule has 0 amide bonds. The van der Waals surface area contributed by atoms with Crippen molar-refractivity contribution in [2.75, 3.05) is 12.5 Å². The van der Waals surface area contributed by atoms with Crippen molar-refractivity contribution in [1.82, 2.24) is 0 Å². The molecule has 35 heavy (non-hydrogen) atoms. The van der Waals surface area contributed by atoms with Crippen LogP contribution in [0.5, 0.6) is 0 Å². The average molecular weight is 489 g/mol. The fraction of sp³-hybridized carbons (Fsp3) is 0.424. The van der Waals surface area contributed by atoms with Gasteiger partial charge in [0.25, 0.3) is 0 Å². The third kappa shape index (κ3) is 7.58. The quantitative estimate of drug-likeness (QED) is 0.341. The lowest BCUT2D eigenvalue weighted by atomic mass is 9.77. The number of carbonyl (C=O) groups is 1. The summed E-state index contributed by atoms with van der Waals surface area (Å²) in [5.41, 5.74) is 7.37. The SMILES string of the molecule is CC(C)(C)c1cc(-c2ccc(C(C)(C)C)cc2C(=O)c2ccccc2)cc(C(C)(C)C)c1.CSC. The molecule has 0 N–H and O–H groups in total. The fourth-order valence-corrected chi connectivity index (χ4v) is 3.84. The molecule has 0 unspecified atom stereocenters. The van der Waals surface area contributed by atoms with Crippen molar-refractivity contribution < 1.29 is 4.79 Å². The van der Waals surface area contributed by atoms with Crippen molar-refractivity contribution in [3.63, 3.8) is 0 Å². The Morgan fingerprint density at radius 2 is 1.06 bits per heavy atom. The second kappa shape index (κ2) is 11.2. The van der Waals surface area contributed by atoms with Gasteiger partial charge in [0.15, 0.2) is 5.78 Å². The zero-order valence-corrected chi connectivity index (χ0v) is 24.5. The molecule has 0 aromatic heterocycles. The second-order valence-electron chi connectivity index (χ2n) is 12.4. The van der Waals surface area contributed by atoms with Crippen molar-refractivity contribution in [2.24, 2.45) is 0 Å². The molecule has 0 aliphatic rings. The minimum Gasteiger partial charge on any atom is -0.289 e. The predicted molar refractivity (Wildman–Crippen MR) is 157 cm³/mol. The number of thioether (sulfide) groups is 1. The first-order valence-electron chi connectivity index (χ1n) is 12.4. The molecule has 188 valence electrons. The van der Waals surface area contributed by atoms with Crippen molar-refractivity contribution in [3.05, 3.63) is 94.5 Å². The van der Waals surface area contributed by atoms with Crippen LogP contribution in [-0.2, 0) is 16.2 Å². The molecule has 0 fully saturated rings. The summed E-state index contributed by atoms with van der Waals surface area (Å²) in [6.07, 6.45) is 4.08. The van der Waals surface area contributed by atoms with Crippen LogP contribution >= 0.6 is 11.8 Å². The summed E-state index contributed by atoms with van der Waals surface area (Å²) < 4.78 is 0. The number of rotatable bonds is 3. The van der Waals surface area contributed by atoms with E-state index in [0.717, 1.165) is 22.3 Å². The summed E-state index contributed by atoms with van der Waals surface area (Å²) in [5, 5.41) is 0. The third-order valence-corrected chi connectivity index (χ3v) is 6.14. The molecule has 0 aliphatic heterocycles. The summed E-state index contributed by atoms with van der Waals surface area (Å²) in [6.45, 7) is 20.1. The van der Waals surface area contributed by atoms with Gasteiger partial charge in [-0.15, -0.1) is 0 Å². The van der Waals surface area contributed by atoms with E-state index in [0.29, 0.717) is 0 Å². The largest absolute Gasteiger partial charge is 0.289 e. The maximum atomic E-state index is 13.7. The Kier molecular flexibility index (Phi) is 9.22. The van der Waals surface area contributed by atoms with Gasteiger partial charge in [-0.3, -0.25) is 4.79 Å². The van der Waals surface area contributed by atoms with Crippen LogP contribution in [0.4, 0.5) is 0 Å². The van der Waals surface area contributed by atoms with E-state index in [2.05, 4.69) is 98.7 Å². The zero-order chi connectivity index (χ0) is 26.6. The molecule has 0 atom stereocenters. The first-order chi connectivity index (χ1) is 16.1. The molecule has 3 rings (SSSR count). The first-order valence-corrected chi connectivity index (χ1v) is 14.0. The molecule has 0 aliphatic carbocycles. The maximum absolute atomic E-state index is 13.7. The lowest BCUT2D eigenvalue weighted by molar-refractivity contribution is 0.103. The van der Waals surface area contributed by atoms with E-state index in [1.165, 1.54) is 16.7 Å². The van der Waals surface area contributed by atoms with E-state index in [4.69, 9.17) is 0 Å². The number of carbonyl (C=O) groups excluding carboxylic acids is 1. The monoisotopic (exact) mass is 488 g/mol. The summed E-state index contributed by atoms with van der Waals surface area (Å²) in [7, 11) is 0. The number of hydrogen-bond donors (Lipinski definition) is 0. The molecular formula is C33H44OS. The topological polar surface area (TPSA) is 17.1 Å². The van der Waals surface area contributed by atoms with Gasteiger partial charge < -0.3 is 0 Å². The normalized spacial score (nSPS) is 12.1. The molecule has 1 nitrogen and oxygen atoms in total. The number of benzene rings is 3. The van der Waals surface area contributed by atoms with Gasteiger partial charge in [-0.25, -0.2) is 0 Å². The van der Waals surface area contributed by atoms with Gasteiger partial charge in [0.05, 0.1) is 0 Å². The summed E-state index contributed by atoms with van der Waals surface area (Å²) in [4.78, 5) is 13.7. The first kappa shape index (κ1) is 28.9. The Morgan fingerprint density at radius 3 is 1.49 bits per heavy atom. The molecule has 2 heteroatoms. The molecule has 0 saturated carbocycles. The van der Waals surface area contributed by atoms with Crippen LogP contribution in [0.1, 0.15) is 94.9 Å². The summed E-state index contributed by atoms with van der Waals surface area (Å²) in [5.74, 6) is 0.0742. The van der Waals surface area contributed by atoms with Crippen LogP contribution in [-0.4, -0.2) is 18.3 Å². The highest BCUT2D eigenvalue weighted by molar-refractivity contribution is 7.97. The van der Waals surface area contributed by atoms with Crippen LogP contribution in [0.25, 0.3) is 11.1 Å². The van der Waals surface area contributed by atoms with Crippen LogP contribution in [0.3, 0.4) is 0 Å². The standard InChI is InChI=1S/C31H38O.C2H6S/c1-29(2,3)23-15-16-26(27(20-23)28(32)21-13-11-10-12-14-21)22-17-24(30(4,5)6)19-25(18-22)31(7,8)9;1-3-2/h10-20H,1-9H3;1-2H3. The molecule has 0 radical (unpaired) electrons. The number of hydrogen-bond acceptors (Lipinski definition) is 2. The van der Waals surface area contributed by atoms with E-state index < -0.39 is 0 Å². The van der Waals surface area contributed by atoms with E-state index in [9.17, 15) is 4.79 Å². The summed E-state index contributed by atoms with van der Waals surface area (Å²) in [6, 6.07) is 22.9. The highest BCUT2D eigenvalue weighted by Crippen LogP contribution is 2.37. The van der Waals surface area contributed by atoms with Crippen LogP contribution < -0.4 is 0 Å². The highest BCUT2D eigenvalue weighted by atomic mass is 32.2. The van der Waals surface area contributed by atoms with Crippen LogP contribution in [0, 0.1) is 0 Å². The average Bonchev–Trinajstić information content (AvgIpc) is 2.77. The van der Waals surface area contributed by atoms with E-state index in [1.54, 1.807) is 11.8 Å². The Hall–Kier alpha value is -2.32.